The van der Waals surface area contributed by atoms with Crippen molar-refractivity contribution in [1.82, 2.24) is 15.5 Å². The number of nitrogens with zero attached hydrogens (tertiary/aromatic N) is 3. The van der Waals surface area contributed by atoms with Crippen LogP contribution in [-0.2, 0) is 12.7 Å². The van der Waals surface area contributed by atoms with Gasteiger partial charge in [-0.2, -0.15) is 13.2 Å². The summed E-state index contributed by atoms with van der Waals surface area (Å²) < 4.78 is 39.6. The number of halogens is 3. The molecule has 1 aromatic rings. The van der Waals surface area contributed by atoms with Crippen molar-refractivity contribution in [2.24, 2.45) is 10.9 Å². The molecule has 0 radical (unpaired) electrons. The van der Waals surface area contributed by atoms with E-state index in [0.29, 0.717) is 17.4 Å². The van der Waals surface area contributed by atoms with Crippen LogP contribution in [0.2, 0.25) is 0 Å². The first-order valence-electron chi connectivity index (χ1n) is 9.29. The Kier molecular flexibility index (Phi) is 7.35. The van der Waals surface area contributed by atoms with Crippen LogP contribution >= 0.6 is 0 Å². The summed E-state index contributed by atoms with van der Waals surface area (Å²) in [6, 6.07) is 4.01. The average Bonchev–Trinajstić information content (AvgIpc) is 2.61. The molecule has 8 heteroatoms. The Hall–Kier alpha value is -1.96. The Morgan fingerprint density at radius 1 is 1.15 bits per heavy atom. The van der Waals surface area contributed by atoms with Crippen LogP contribution in [-0.4, -0.2) is 57.7 Å². The summed E-state index contributed by atoms with van der Waals surface area (Å²) in [6.07, 6.45) is -4.35. The van der Waals surface area contributed by atoms with Crippen LogP contribution < -0.4 is 15.5 Å². The van der Waals surface area contributed by atoms with Crippen LogP contribution in [0.25, 0.3) is 0 Å². The predicted octanol–water partition coefficient (Wildman–Crippen LogP) is 2.78. The Balaban J connectivity index is 2.19. The topological polar surface area (TPSA) is 42.9 Å². The number of anilines is 1. The highest BCUT2D eigenvalue weighted by Crippen LogP contribution is 2.33. The van der Waals surface area contributed by atoms with Gasteiger partial charge in [-0.25, -0.2) is 0 Å². The van der Waals surface area contributed by atoms with Gasteiger partial charge in [-0.05, 0) is 36.7 Å². The molecule has 2 rings (SSSR count). The molecule has 1 saturated heterocycles. The molecule has 1 fully saturated rings. The Morgan fingerprint density at radius 3 is 2.37 bits per heavy atom. The molecule has 0 unspecified atom stereocenters. The van der Waals surface area contributed by atoms with Gasteiger partial charge in [-0.15, -0.1) is 0 Å². The maximum Gasteiger partial charge on any atom is 0.416 e. The molecule has 0 spiro atoms. The number of likely N-dealkylation sites (N-methyl/N-ethyl adjacent to an activating group) is 1. The summed E-state index contributed by atoms with van der Waals surface area (Å²) in [5.74, 6) is 1.03. The summed E-state index contributed by atoms with van der Waals surface area (Å²) in [5.41, 5.74) is 0.854. The summed E-state index contributed by atoms with van der Waals surface area (Å²) in [4.78, 5) is 8.52. The number of nitrogens with one attached hydrogen (secondary N) is 2. The first-order valence-corrected chi connectivity index (χ1v) is 9.29. The van der Waals surface area contributed by atoms with Crippen molar-refractivity contribution in [3.8, 4) is 0 Å². The smallest absolute Gasteiger partial charge is 0.369 e. The maximum absolute atomic E-state index is 13.2. The lowest BCUT2D eigenvalue weighted by Crippen LogP contribution is -2.45. The van der Waals surface area contributed by atoms with Crippen LogP contribution in [0.1, 0.15) is 25.0 Å². The molecule has 0 amide bonds. The summed E-state index contributed by atoms with van der Waals surface area (Å²) in [7, 11) is 3.71. The molecule has 1 aliphatic heterocycles. The molecule has 5 nitrogen and oxygen atoms in total. The van der Waals surface area contributed by atoms with Crippen molar-refractivity contribution in [3.63, 3.8) is 0 Å². The Bertz CT molecular complexity index is 635. The molecule has 2 N–H and O–H groups in total. The van der Waals surface area contributed by atoms with Crippen molar-refractivity contribution in [2.75, 3.05) is 51.7 Å². The molecule has 0 saturated carbocycles. The molecule has 0 aromatic heterocycles. The highest BCUT2D eigenvalue weighted by Gasteiger charge is 2.31. The average molecular weight is 385 g/mol. The molecule has 152 valence electrons. The summed E-state index contributed by atoms with van der Waals surface area (Å²) in [5, 5.41) is 6.33. The highest BCUT2D eigenvalue weighted by atomic mass is 19.4. The van der Waals surface area contributed by atoms with Crippen LogP contribution in [0.4, 0.5) is 18.9 Å². The second-order valence-corrected chi connectivity index (χ2v) is 7.33. The lowest BCUT2D eigenvalue weighted by atomic mass is 10.1. The van der Waals surface area contributed by atoms with Gasteiger partial charge in [-0.1, -0.05) is 13.8 Å². The van der Waals surface area contributed by atoms with E-state index in [1.165, 1.54) is 12.1 Å². The zero-order valence-electron chi connectivity index (χ0n) is 16.5. The fourth-order valence-electron chi connectivity index (χ4n) is 2.96. The van der Waals surface area contributed by atoms with Crippen LogP contribution in [0.3, 0.4) is 0 Å². The number of benzene rings is 1. The predicted molar refractivity (Wildman–Crippen MR) is 104 cm³/mol. The standard InChI is InChI=1S/C19H30F3N5/c1-14(2)12-24-18(23-3)25-13-15-11-16(19(20,21)22)5-6-17(15)27-9-7-26(4)8-10-27/h5-6,11,14H,7-10,12-13H2,1-4H3,(H2,23,24,25). The lowest BCUT2D eigenvalue weighted by Gasteiger charge is -2.35. The first-order chi connectivity index (χ1) is 12.7. The Labute approximate surface area is 159 Å². The van der Waals surface area contributed by atoms with Crippen LogP contribution in [0, 0.1) is 5.92 Å². The fraction of sp³-hybridized carbons (Fsp3) is 0.632. The third-order valence-electron chi connectivity index (χ3n) is 4.60. The van der Waals surface area contributed by atoms with E-state index < -0.39 is 11.7 Å². The van der Waals surface area contributed by atoms with E-state index in [9.17, 15) is 13.2 Å². The van der Waals surface area contributed by atoms with Gasteiger partial charge in [0, 0.05) is 52.0 Å². The molecule has 27 heavy (non-hydrogen) atoms. The van der Waals surface area contributed by atoms with Crippen molar-refractivity contribution in [2.45, 2.75) is 26.6 Å². The van der Waals surface area contributed by atoms with E-state index in [1.54, 1.807) is 13.1 Å². The third-order valence-corrected chi connectivity index (χ3v) is 4.60. The lowest BCUT2D eigenvalue weighted by molar-refractivity contribution is -0.137. The van der Waals surface area contributed by atoms with Crippen molar-refractivity contribution in [3.05, 3.63) is 29.3 Å². The fourth-order valence-corrected chi connectivity index (χ4v) is 2.96. The second kappa shape index (κ2) is 9.30. The van der Waals surface area contributed by atoms with Crippen molar-refractivity contribution >= 4 is 11.6 Å². The minimum Gasteiger partial charge on any atom is -0.369 e. The van der Waals surface area contributed by atoms with Crippen LogP contribution in [0.5, 0.6) is 0 Å². The molecule has 0 atom stereocenters. The summed E-state index contributed by atoms with van der Waals surface area (Å²) in [6.45, 7) is 8.58. The molecule has 0 aliphatic carbocycles. The minimum atomic E-state index is -4.35. The molecule has 1 aliphatic rings. The second-order valence-electron chi connectivity index (χ2n) is 7.33. The quantitative estimate of drug-likeness (QED) is 0.604. The number of aliphatic imine (C=N–C) groups is 1. The first kappa shape index (κ1) is 21.3. The molecular formula is C19H30F3N5. The zero-order chi connectivity index (χ0) is 20.0. The zero-order valence-corrected chi connectivity index (χ0v) is 16.5. The van der Waals surface area contributed by atoms with Gasteiger partial charge in [0.15, 0.2) is 5.96 Å². The van der Waals surface area contributed by atoms with Gasteiger partial charge < -0.3 is 20.4 Å². The highest BCUT2D eigenvalue weighted by molar-refractivity contribution is 5.79. The van der Waals surface area contributed by atoms with Gasteiger partial charge in [0.1, 0.15) is 0 Å². The van der Waals surface area contributed by atoms with Gasteiger partial charge in [0.25, 0.3) is 0 Å². The number of guanidine groups is 1. The maximum atomic E-state index is 13.2. The van der Waals surface area contributed by atoms with Gasteiger partial charge in [0.2, 0.25) is 0 Å². The van der Waals surface area contributed by atoms with E-state index >= 15 is 0 Å². The monoisotopic (exact) mass is 385 g/mol. The van der Waals surface area contributed by atoms with E-state index in [4.69, 9.17) is 0 Å². The van der Waals surface area contributed by atoms with Crippen molar-refractivity contribution < 1.29 is 13.2 Å². The SMILES string of the molecule is CN=C(NCc1cc(C(F)(F)F)ccc1N1CCN(C)CC1)NCC(C)C. The van der Waals surface area contributed by atoms with E-state index in [-0.39, 0.29) is 6.54 Å². The largest absolute Gasteiger partial charge is 0.416 e. The normalized spacial score (nSPS) is 16.7. The Morgan fingerprint density at radius 2 is 1.81 bits per heavy atom. The number of hydrogen-bond donors (Lipinski definition) is 2. The van der Waals surface area contributed by atoms with Gasteiger partial charge >= 0.3 is 6.18 Å². The van der Waals surface area contributed by atoms with E-state index in [0.717, 1.165) is 38.4 Å². The van der Waals surface area contributed by atoms with E-state index in [1.807, 2.05) is 0 Å². The molecular weight excluding hydrogens is 355 g/mol. The minimum absolute atomic E-state index is 0.281. The van der Waals surface area contributed by atoms with Crippen LogP contribution in [0.15, 0.2) is 23.2 Å². The van der Waals surface area contributed by atoms with Gasteiger partial charge in [0.05, 0.1) is 5.56 Å². The third kappa shape index (κ3) is 6.30. The number of hydrogen-bond acceptors (Lipinski definition) is 3. The number of piperazine rings is 1. The summed E-state index contributed by atoms with van der Waals surface area (Å²) >= 11 is 0. The van der Waals surface area contributed by atoms with E-state index in [2.05, 4.69) is 46.3 Å². The van der Waals surface area contributed by atoms with Crippen molar-refractivity contribution in [1.29, 1.82) is 0 Å². The number of alkyl halides is 3. The molecule has 0 bridgehead atoms. The van der Waals surface area contributed by atoms with Gasteiger partial charge in [-0.3, -0.25) is 4.99 Å². The number of rotatable bonds is 5. The molecule has 1 heterocycles. The molecule has 1 aromatic carbocycles.